The second kappa shape index (κ2) is 14.0. The summed E-state index contributed by atoms with van der Waals surface area (Å²) in [5.74, 6) is 0.00342. The summed E-state index contributed by atoms with van der Waals surface area (Å²) in [5, 5.41) is 59.8. The number of benzene rings is 6. The predicted octanol–water partition coefficient (Wildman–Crippen LogP) is 10.6. The molecule has 0 aliphatic carbocycles. The zero-order valence-corrected chi connectivity index (χ0v) is 24.6. The molecule has 11 heteroatoms. The second-order valence-corrected chi connectivity index (χ2v) is 9.85. The average Bonchev–Trinajstić information content (AvgIpc) is 2.99. The zero-order chi connectivity index (χ0) is 29.6. The number of fused-ring (bicyclic) bond motifs is 2. The molecule has 0 bridgehead atoms. The molecule has 0 saturated carbocycles. The van der Waals surface area contributed by atoms with Crippen molar-refractivity contribution in [2.45, 2.75) is 0 Å². The predicted molar refractivity (Wildman–Crippen MR) is 166 cm³/mol. The summed E-state index contributed by atoms with van der Waals surface area (Å²) in [4.78, 5) is 0. The van der Waals surface area contributed by atoms with E-state index in [0.717, 1.165) is 21.5 Å². The molecular weight excluding hydrogens is 634 g/mol. The van der Waals surface area contributed by atoms with Gasteiger partial charge in [-0.25, -0.2) is 0 Å². The third-order valence-electron chi connectivity index (χ3n) is 6.15. The number of phenolic OH excluding ortho intramolecular Hbond substituents is 4. The van der Waals surface area contributed by atoms with Crippen LogP contribution in [0, 0.1) is 0 Å². The topological polar surface area (TPSA) is 130 Å². The smallest absolute Gasteiger partial charge is 0.143 e. The van der Waals surface area contributed by atoms with Crippen molar-refractivity contribution in [1.29, 1.82) is 0 Å². The van der Waals surface area contributed by atoms with E-state index >= 15 is 0 Å². The zero-order valence-electron chi connectivity index (χ0n) is 22.1. The molecule has 43 heavy (non-hydrogen) atoms. The van der Waals surface area contributed by atoms with E-state index in [-0.39, 0.29) is 51.2 Å². The van der Waals surface area contributed by atoms with Gasteiger partial charge in [0.15, 0.2) is 0 Å². The number of hydrogen-bond donors (Lipinski definition) is 4. The quantitative estimate of drug-likeness (QED) is 0.141. The van der Waals surface area contributed by atoms with Gasteiger partial charge in [-0.1, -0.05) is 83.9 Å². The molecule has 1 radical (unpaired) electrons. The van der Waals surface area contributed by atoms with Crippen LogP contribution in [0.15, 0.2) is 130 Å². The van der Waals surface area contributed by atoms with Crippen LogP contribution in [0.4, 0.5) is 22.7 Å². The molecule has 0 fully saturated rings. The van der Waals surface area contributed by atoms with Crippen molar-refractivity contribution in [2.24, 2.45) is 20.5 Å². The van der Waals surface area contributed by atoms with E-state index in [1.807, 2.05) is 48.5 Å². The van der Waals surface area contributed by atoms with Crippen LogP contribution in [-0.4, -0.2) is 20.4 Å². The van der Waals surface area contributed by atoms with Gasteiger partial charge in [-0.2, -0.15) is 0 Å². The fourth-order valence-corrected chi connectivity index (χ4v) is 4.39. The molecular formula is C32H22Cl2CoN4O4. The third-order valence-corrected chi connectivity index (χ3v) is 6.62. The van der Waals surface area contributed by atoms with Gasteiger partial charge in [0.05, 0.1) is 0 Å². The van der Waals surface area contributed by atoms with Gasteiger partial charge < -0.3 is 20.4 Å². The Labute approximate surface area is 266 Å². The van der Waals surface area contributed by atoms with E-state index in [2.05, 4.69) is 20.5 Å². The van der Waals surface area contributed by atoms with E-state index in [1.54, 1.807) is 36.4 Å². The molecule has 0 heterocycles. The van der Waals surface area contributed by atoms with Crippen molar-refractivity contribution in [3.05, 3.63) is 119 Å². The fourth-order valence-electron chi connectivity index (χ4n) is 4.06. The first kappa shape index (κ1) is 31.3. The molecule has 4 N–H and O–H groups in total. The molecule has 0 aliphatic rings. The minimum Gasteiger partial charge on any atom is -0.506 e. The van der Waals surface area contributed by atoms with Gasteiger partial charge in [-0.05, 0) is 59.3 Å². The molecule has 8 nitrogen and oxygen atoms in total. The van der Waals surface area contributed by atoms with Crippen LogP contribution in [-0.2, 0) is 16.8 Å². The van der Waals surface area contributed by atoms with Gasteiger partial charge in [-0.3, -0.25) is 0 Å². The molecule has 0 aliphatic heterocycles. The Morgan fingerprint density at radius 3 is 1.21 bits per heavy atom. The number of aromatic hydroxyl groups is 4. The molecule has 0 saturated heterocycles. The van der Waals surface area contributed by atoms with Gasteiger partial charge in [0.2, 0.25) is 0 Å². The summed E-state index contributed by atoms with van der Waals surface area (Å²) in [6, 6.07) is 30.8. The molecule has 0 spiro atoms. The molecule has 6 aromatic rings. The van der Waals surface area contributed by atoms with E-state index in [9.17, 15) is 20.4 Å². The Bertz CT molecular complexity index is 1840. The Morgan fingerprint density at radius 1 is 0.419 bits per heavy atom. The summed E-state index contributed by atoms with van der Waals surface area (Å²) < 4.78 is 0. The Hall–Kier alpha value is -4.67. The van der Waals surface area contributed by atoms with Crippen LogP contribution in [0.2, 0.25) is 10.0 Å². The van der Waals surface area contributed by atoms with Crippen LogP contribution in [0.25, 0.3) is 21.5 Å². The van der Waals surface area contributed by atoms with Crippen molar-refractivity contribution < 1.29 is 37.2 Å². The third kappa shape index (κ3) is 7.40. The van der Waals surface area contributed by atoms with Crippen molar-refractivity contribution in [3.63, 3.8) is 0 Å². The first-order valence-corrected chi connectivity index (χ1v) is 13.3. The molecule has 0 atom stereocenters. The van der Waals surface area contributed by atoms with Crippen LogP contribution >= 0.6 is 23.2 Å². The summed E-state index contributed by atoms with van der Waals surface area (Å²) in [6.45, 7) is 0. The van der Waals surface area contributed by atoms with Crippen molar-refractivity contribution in [1.82, 2.24) is 0 Å². The minimum absolute atomic E-state index is 0. The maximum atomic E-state index is 9.97. The van der Waals surface area contributed by atoms with Gasteiger partial charge in [0.1, 0.15) is 45.7 Å². The number of phenols is 4. The summed E-state index contributed by atoms with van der Waals surface area (Å²) in [6.07, 6.45) is 0. The van der Waals surface area contributed by atoms with Crippen LogP contribution in [0.5, 0.6) is 23.0 Å². The normalized spacial score (nSPS) is 11.0. The van der Waals surface area contributed by atoms with Crippen LogP contribution < -0.4 is 0 Å². The van der Waals surface area contributed by atoms with Gasteiger partial charge in [-0.15, -0.1) is 20.5 Å². The van der Waals surface area contributed by atoms with Crippen LogP contribution in [0.1, 0.15) is 0 Å². The van der Waals surface area contributed by atoms with Crippen molar-refractivity contribution in [3.8, 4) is 23.0 Å². The van der Waals surface area contributed by atoms with Gasteiger partial charge in [0.25, 0.3) is 0 Å². The number of hydrogen-bond acceptors (Lipinski definition) is 8. The Morgan fingerprint density at radius 2 is 0.791 bits per heavy atom. The van der Waals surface area contributed by atoms with E-state index in [4.69, 9.17) is 23.2 Å². The van der Waals surface area contributed by atoms with Gasteiger partial charge in [0, 0.05) is 37.6 Å². The summed E-state index contributed by atoms with van der Waals surface area (Å²) in [5.41, 5.74) is 1.20. The summed E-state index contributed by atoms with van der Waals surface area (Å²) >= 11 is 11.7. The molecule has 0 aromatic heterocycles. The fraction of sp³-hybridized carbons (Fsp3) is 0. The molecule has 217 valence electrons. The van der Waals surface area contributed by atoms with E-state index in [1.165, 1.54) is 24.3 Å². The monoisotopic (exact) mass is 655 g/mol. The van der Waals surface area contributed by atoms with E-state index in [0.29, 0.717) is 21.4 Å². The SMILES string of the molecule is Oc1ccc(Cl)cc1N=Nc1c(O)ccc2ccccc12.Oc1ccc(Cl)cc1N=Nc1c(O)ccc2ccccc12.[Co]. The number of rotatable bonds is 4. The maximum absolute atomic E-state index is 9.97. The minimum atomic E-state index is -0.0251. The number of nitrogens with zero attached hydrogens (tertiary/aromatic N) is 4. The van der Waals surface area contributed by atoms with Gasteiger partial charge >= 0.3 is 0 Å². The molecule has 0 amide bonds. The first-order valence-electron chi connectivity index (χ1n) is 12.5. The molecule has 0 unspecified atom stereocenters. The standard InChI is InChI=1S/2C16H11ClN2O2.Co/c2*17-11-6-8-14(20)13(9-11)18-19-16-12-4-2-1-3-10(12)5-7-15(16)21;/h2*1-9,20-21H;. The molecule has 6 rings (SSSR count). The average molecular weight is 656 g/mol. The second-order valence-electron chi connectivity index (χ2n) is 8.97. The van der Waals surface area contributed by atoms with E-state index < -0.39 is 0 Å². The summed E-state index contributed by atoms with van der Waals surface area (Å²) in [7, 11) is 0. The Balaban J connectivity index is 0.000000192. The number of halogens is 2. The number of azo groups is 2. The first-order chi connectivity index (χ1) is 20.3. The molecule has 6 aromatic carbocycles. The van der Waals surface area contributed by atoms with Crippen molar-refractivity contribution >= 4 is 67.5 Å². The largest absolute Gasteiger partial charge is 0.506 e. The Kier molecular flexibility index (Phi) is 10.2. The van der Waals surface area contributed by atoms with Crippen LogP contribution in [0.3, 0.4) is 0 Å². The van der Waals surface area contributed by atoms with Crippen molar-refractivity contribution in [2.75, 3.05) is 0 Å². The maximum Gasteiger partial charge on any atom is 0.143 e.